The molecular weight excluding hydrogens is 188 g/mol. The maximum Gasteiger partial charge on any atom is 0.151 e. The Balaban J connectivity index is 2.53. The minimum atomic E-state index is 0.619. The molecule has 0 aliphatic carbocycles. The van der Waals surface area contributed by atoms with Gasteiger partial charge < -0.3 is 5.32 Å². The van der Waals surface area contributed by atoms with E-state index in [-0.39, 0.29) is 0 Å². The van der Waals surface area contributed by atoms with E-state index in [2.05, 4.69) is 36.2 Å². The van der Waals surface area contributed by atoms with Crippen LogP contribution < -0.4 is 5.32 Å². The molecule has 4 heteroatoms. The van der Waals surface area contributed by atoms with Crippen molar-refractivity contribution in [2.75, 3.05) is 13.1 Å². The third-order valence-corrected chi connectivity index (χ3v) is 2.26. The molecule has 0 fully saturated rings. The fourth-order valence-corrected chi connectivity index (χ4v) is 1.52. The first-order valence-electron chi connectivity index (χ1n) is 5.73. The van der Waals surface area contributed by atoms with Crippen molar-refractivity contribution in [3.8, 4) is 0 Å². The van der Waals surface area contributed by atoms with Crippen LogP contribution in [0.3, 0.4) is 0 Å². The molecule has 0 saturated heterocycles. The predicted molar refractivity (Wildman–Crippen MR) is 61.8 cm³/mol. The molecule has 0 unspecified atom stereocenters. The summed E-state index contributed by atoms with van der Waals surface area (Å²) in [6.07, 6.45) is 1.92. The highest BCUT2D eigenvalue weighted by Gasteiger charge is 2.07. The number of hydrogen-bond acceptors (Lipinski definition) is 3. The number of aromatic nitrogens is 3. The van der Waals surface area contributed by atoms with E-state index >= 15 is 0 Å². The summed E-state index contributed by atoms with van der Waals surface area (Å²) in [7, 11) is 1.97. The van der Waals surface area contributed by atoms with Gasteiger partial charge in [-0.25, -0.2) is 4.98 Å². The van der Waals surface area contributed by atoms with Gasteiger partial charge in [0.05, 0.1) is 0 Å². The summed E-state index contributed by atoms with van der Waals surface area (Å²) in [5, 5.41) is 7.70. The van der Waals surface area contributed by atoms with Gasteiger partial charge in [0, 0.05) is 26.4 Å². The van der Waals surface area contributed by atoms with Crippen molar-refractivity contribution in [2.45, 2.75) is 33.6 Å². The van der Waals surface area contributed by atoms with Crippen LogP contribution in [0, 0.1) is 5.92 Å². The maximum absolute atomic E-state index is 4.53. The average Bonchev–Trinajstić information content (AvgIpc) is 2.46. The van der Waals surface area contributed by atoms with Crippen LogP contribution >= 0.6 is 0 Å². The van der Waals surface area contributed by atoms with Gasteiger partial charge in [-0.05, 0) is 12.5 Å². The van der Waals surface area contributed by atoms with E-state index in [1.165, 1.54) is 0 Å². The van der Waals surface area contributed by atoms with Crippen LogP contribution in [-0.2, 0) is 19.9 Å². The molecule has 1 aromatic heterocycles. The Morgan fingerprint density at radius 3 is 2.73 bits per heavy atom. The Bertz CT molecular complexity index is 291. The van der Waals surface area contributed by atoms with Crippen LogP contribution in [0.1, 0.15) is 32.4 Å². The monoisotopic (exact) mass is 210 g/mol. The van der Waals surface area contributed by atoms with E-state index in [0.717, 1.165) is 37.6 Å². The zero-order valence-corrected chi connectivity index (χ0v) is 10.2. The van der Waals surface area contributed by atoms with Crippen molar-refractivity contribution in [1.82, 2.24) is 20.1 Å². The van der Waals surface area contributed by atoms with Crippen LogP contribution in [0.4, 0.5) is 0 Å². The molecule has 15 heavy (non-hydrogen) atoms. The fourth-order valence-electron chi connectivity index (χ4n) is 1.52. The molecular formula is C11H22N4. The van der Waals surface area contributed by atoms with Crippen molar-refractivity contribution in [1.29, 1.82) is 0 Å². The molecule has 0 amide bonds. The summed E-state index contributed by atoms with van der Waals surface area (Å²) in [6.45, 7) is 8.48. The summed E-state index contributed by atoms with van der Waals surface area (Å²) in [5.41, 5.74) is 0. The lowest BCUT2D eigenvalue weighted by atomic mass is 10.1. The lowest BCUT2D eigenvalue weighted by molar-refractivity contribution is 0.610. The molecule has 1 N–H and O–H groups in total. The van der Waals surface area contributed by atoms with Gasteiger partial charge in [-0.2, -0.15) is 5.10 Å². The van der Waals surface area contributed by atoms with Gasteiger partial charge in [-0.3, -0.25) is 4.68 Å². The molecule has 0 aliphatic heterocycles. The summed E-state index contributed by atoms with van der Waals surface area (Å²) >= 11 is 0. The van der Waals surface area contributed by atoms with Gasteiger partial charge in [0.15, 0.2) is 5.82 Å². The fraction of sp³-hybridized carbons (Fsp3) is 0.818. The zero-order chi connectivity index (χ0) is 11.3. The smallest absolute Gasteiger partial charge is 0.151 e. The van der Waals surface area contributed by atoms with Gasteiger partial charge in [0.25, 0.3) is 0 Å². The van der Waals surface area contributed by atoms with Gasteiger partial charge in [-0.1, -0.05) is 20.8 Å². The normalized spacial score (nSPS) is 11.3. The Kier molecular flexibility index (Phi) is 4.75. The lowest BCUT2D eigenvalue weighted by Gasteiger charge is -1.99. The van der Waals surface area contributed by atoms with E-state index in [1.807, 2.05) is 11.7 Å². The van der Waals surface area contributed by atoms with Crippen LogP contribution in [0.2, 0.25) is 0 Å². The van der Waals surface area contributed by atoms with Crippen LogP contribution in [0.25, 0.3) is 0 Å². The quantitative estimate of drug-likeness (QED) is 0.717. The Labute approximate surface area is 92.1 Å². The Hall–Kier alpha value is -0.900. The number of rotatable bonds is 6. The van der Waals surface area contributed by atoms with E-state index in [4.69, 9.17) is 0 Å². The Morgan fingerprint density at radius 1 is 1.40 bits per heavy atom. The van der Waals surface area contributed by atoms with Gasteiger partial charge in [0.2, 0.25) is 0 Å². The minimum absolute atomic E-state index is 0.619. The highest BCUT2D eigenvalue weighted by Crippen LogP contribution is 2.04. The van der Waals surface area contributed by atoms with Crippen LogP contribution in [0.15, 0.2) is 0 Å². The minimum Gasteiger partial charge on any atom is -0.317 e. The number of hydrogen-bond donors (Lipinski definition) is 1. The average molecular weight is 210 g/mol. The summed E-state index contributed by atoms with van der Waals surface area (Å²) in [5.74, 6) is 2.67. The molecule has 0 bridgehead atoms. The van der Waals surface area contributed by atoms with Gasteiger partial charge in [-0.15, -0.1) is 0 Å². The van der Waals surface area contributed by atoms with Crippen molar-refractivity contribution in [3.63, 3.8) is 0 Å². The van der Waals surface area contributed by atoms with E-state index in [9.17, 15) is 0 Å². The number of nitrogens with zero attached hydrogens (tertiary/aromatic N) is 3. The van der Waals surface area contributed by atoms with Crippen molar-refractivity contribution in [3.05, 3.63) is 11.6 Å². The third-order valence-electron chi connectivity index (χ3n) is 2.26. The zero-order valence-electron chi connectivity index (χ0n) is 10.2. The van der Waals surface area contributed by atoms with Crippen LogP contribution in [0.5, 0.6) is 0 Å². The molecule has 0 spiro atoms. The molecule has 0 atom stereocenters. The molecule has 0 radical (unpaired) electrons. The first kappa shape index (κ1) is 12.2. The van der Waals surface area contributed by atoms with Crippen LogP contribution in [-0.4, -0.2) is 27.9 Å². The number of aryl methyl sites for hydroxylation is 1. The largest absolute Gasteiger partial charge is 0.317 e. The molecule has 86 valence electrons. The molecule has 0 aliphatic rings. The predicted octanol–water partition coefficient (Wildman–Crippen LogP) is 1.17. The molecule has 1 heterocycles. The molecule has 1 aromatic rings. The highest BCUT2D eigenvalue weighted by atomic mass is 15.3. The van der Waals surface area contributed by atoms with E-state index in [0.29, 0.717) is 5.92 Å². The van der Waals surface area contributed by atoms with Crippen molar-refractivity contribution >= 4 is 0 Å². The maximum atomic E-state index is 4.53. The summed E-state index contributed by atoms with van der Waals surface area (Å²) in [6, 6.07) is 0. The standard InChI is InChI=1S/C11H22N4/c1-5-12-7-6-11-13-10(8-9(2)3)14-15(11)4/h9,12H,5-8H2,1-4H3. The molecule has 4 nitrogen and oxygen atoms in total. The Morgan fingerprint density at radius 2 is 2.13 bits per heavy atom. The lowest BCUT2D eigenvalue weighted by Crippen LogP contribution is -2.17. The van der Waals surface area contributed by atoms with E-state index < -0.39 is 0 Å². The van der Waals surface area contributed by atoms with E-state index in [1.54, 1.807) is 0 Å². The van der Waals surface area contributed by atoms with Gasteiger partial charge in [0.1, 0.15) is 5.82 Å². The number of nitrogens with one attached hydrogen (secondary N) is 1. The number of likely N-dealkylation sites (N-methyl/N-ethyl adjacent to an activating group) is 1. The molecule has 0 saturated carbocycles. The second kappa shape index (κ2) is 5.85. The second-order valence-corrected chi connectivity index (χ2v) is 4.27. The van der Waals surface area contributed by atoms with Crippen molar-refractivity contribution in [2.24, 2.45) is 13.0 Å². The third kappa shape index (κ3) is 4.00. The molecule has 1 rings (SSSR count). The first-order valence-corrected chi connectivity index (χ1v) is 5.73. The molecule has 0 aromatic carbocycles. The summed E-state index contributed by atoms with van der Waals surface area (Å²) < 4.78 is 1.90. The second-order valence-electron chi connectivity index (χ2n) is 4.27. The van der Waals surface area contributed by atoms with Gasteiger partial charge >= 0.3 is 0 Å². The first-order chi connectivity index (χ1) is 7.13. The summed E-state index contributed by atoms with van der Waals surface area (Å²) in [4.78, 5) is 4.53. The SMILES string of the molecule is CCNCCc1nc(CC(C)C)nn1C. The van der Waals surface area contributed by atoms with Crippen molar-refractivity contribution < 1.29 is 0 Å². The highest BCUT2D eigenvalue weighted by molar-refractivity contribution is 4.94. The topological polar surface area (TPSA) is 42.7 Å².